The Morgan fingerprint density at radius 1 is 1.35 bits per heavy atom. The summed E-state index contributed by atoms with van der Waals surface area (Å²) in [5, 5.41) is 3.89. The van der Waals surface area contributed by atoms with Crippen LogP contribution in [0, 0.1) is 5.92 Å². The van der Waals surface area contributed by atoms with Crippen LogP contribution in [0.3, 0.4) is 0 Å². The lowest BCUT2D eigenvalue weighted by Crippen LogP contribution is -2.28. The van der Waals surface area contributed by atoms with E-state index >= 15 is 0 Å². The van der Waals surface area contributed by atoms with Gasteiger partial charge in [0, 0.05) is 35.0 Å². The fraction of sp³-hybridized carbons (Fsp3) is 0.571. The summed E-state index contributed by atoms with van der Waals surface area (Å²) in [5.74, 6) is 2.66. The van der Waals surface area contributed by atoms with Crippen molar-refractivity contribution in [2.75, 3.05) is 18.8 Å². The molecule has 0 amide bonds. The first-order valence-electron chi connectivity index (χ1n) is 6.41. The fourth-order valence-corrected chi connectivity index (χ4v) is 4.03. The van der Waals surface area contributed by atoms with Gasteiger partial charge in [0.25, 0.3) is 0 Å². The van der Waals surface area contributed by atoms with E-state index < -0.39 is 0 Å². The molecule has 0 bridgehead atoms. The molecule has 1 N–H and O–H groups in total. The highest BCUT2D eigenvalue weighted by molar-refractivity contribution is 7.99. The van der Waals surface area contributed by atoms with Crippen LogP contribution in [0.1, 0.15) is 24.3 Å². The van der Waals surface area contributed by atoms with Crippen molar-refractivity contribution < 1.29 is 0 Å². The van der Waals surface area contributed by atoms with Crippen molar-refractivity contribution in [3.63, 3.8) is 0 Å². The summed E-state index contributed by atoms with van der Waals surface area (Å²) in [5.41, 5.74) is 1.52. The minimum absolute atomic E-state index is 0.347. The van der Waals surface area contributed by atoms with Crippen molar-refractivity contribution in [2.45, 2.75) is 29.0 Å². The van der Waals surface area contributed by atoms with Gasteiger partial charge >= 0.3 is 0 Å². The third kappa shape index (κ3) is 2.81. The van der Waals surface area contributed by atoms with Gasteiger partial charge in [-0.15, -0.1) is 23.4 Å². The molecule has 3 rings (SSSR count). The highest BCUT2D eigenvalue weighted by atomic mass is 35.5. The third-order valence-electron chi connectivity index (χ3n) is 3.66. The van der Waals surface area contributed by atoms with Gasteiger partial charge in [-0.05, 0) is 30.4 Å². The van der Waals surface area contributed by atoms with E-state index in [-0.39, 0.29) is 0 Å². The van der Waals surface area contributed by atoms with Crippen LogP contribution in [0.2, 0.25) is 0 Å². The standard InChI is InChI=1S/C14H18ClNS/c15-13(10-5-6-10)8-16-7-11-9-17-14-4-2-1-3-12(11)14/h1-4,10-11,13,16H,5-9H2. The average molecular weight is 268 g/mol. The van der Waals surface area contributed by atoms with E-state index in [2.05, 4.69) is 29.6 Å². The SMILES string of the molecule is ClC(CNCC1CSc2ccccc21)C1CC1. The van der Waals surface area contributed by atoms with Gasteiger partial charge in [0.05, 0.1) is 0 Å². The average Bonchev–Trinajstić information content (AvgIpc) is 3.12. The number of rotatable bonds is 5. The van der Waals surface area contributed by atoms with Gasteiger partial charge in [0.15, 0.2) is 0 Å². The Morgan fingerprint density at radius 2 is 2.18 bits per heavy atom. The van der Waals surface area contributed by atoms with Gasteiger partial charge in [-0.3, -0.25) is 0 Å². The molecule has 17 heavy (non-hydrogen) atoms. The maximum atomic E-state index is 6.30. The van der Waals surface area contributed by atoms with Crippen molar-refractivity contribution >= 4 is 23.4 Å². The lowest BCUT2D eigenvalue weighted by molar-refractivity contribution is 0.584. The number of hydrogen-bond donors (Lipinski definition) is 1. The zero-order chi connectivity index (χ0) is 11.7. The molecule has 1 aliphatic heterocycles. The summed E-state index contributed by atoms with van der Waals surface area (Å²) in [6, 6.07) is 8.77. The van der Waals surface area contributed by atoms with Crippen LogP contribution < -0.4 is 5.32 Å². The summed E-state index contributed by atoms with van der Waals surface area (Å²) in [7, 11) is 0. The summed E-state index contributed by atoms with van der Waals surface area (Å²) in [6.45, 7) is 2.04. The lowest BCUT2D eigenvalue weighted by atomic mass is 10.0. The molecule has 0 radical (unpaired) electrons. The maximum absolute atomic E-state index is 6.30. The monoisotopic (exact) mass is 267 g/mol. The molecular formula is C14H18ClNS. The zero-order valence-electron chi connectivity index (χ0n) is 9.86. The Balaban J connectivity index is 1.50. The van der Waals surface area contributed by atoms with Gasteiger partial charge in [0.2, 0.25) is 0 Å². The van der Waals surface area contributed by atoms with Crippen molar-refractivity contribution in [2.24, 2.45) is 5.92 Å². The van der Waals surface area contributed by atoms with Crippen molar-refractivity contribution in [3.8, 4) is 0 Å². The second-order valence-electron chi connectivity index (χ2n) is 5.06. The second kappa shape index (κ2) is 5.21. The number of alkyl halides is 1. The minimum Gasteiger partial charge on any atom is -0.315 e. The van der Waals surface area contributed by atoms with Gasteiger partial charge in [0.1, 0.15) is 0 Å². The van der Waals surface area contributed by atoms with Crippen LogP contribution in [0.4, 0.5) is 0 Å². The van der Waals surface area contributed by atoms with E-state index in [1.54, 1.807) is 0 Å². The summed E-state index contributed by atoms with van der Waals surface area (Å²) >= 11 is 8.28. The Bertz CT molecular complexity index is 392. The van der Waals surface area contributed by atoms with Gasteiger partial charge in [-0.2, -0.15) is 0 Å². The molecule has 0 saturated heterocycles. The first-order valence-corrected chi connectivity index (χ1v) is 7.83. The summed E-state index contributed by atoms with van der Waals surface area (Å²) in [4.78, 5) is 1.46. The third-order valence-corrected chi connectivity index (χ3v) is 5.42. The zero-order valence-corrected chi connectivity index (χ0v) is 11.4. The van der Waals surface area contributed by atoms with Crippen LogP contribution in [-0.2, 0) is 0 Å². The summed E-state index contributed by atoms with van der Waals surface area (Å²) in [6.07, 6.45) is 2.66. The normalized spacial score (nSPS) is 24.6. The number of hydrogen-bond acceptors (Lipinski definition) is 2. The largest absolute Gasteiger partial charge is 0.315 e. The summed E-state index contributed by atoms with van der Waals surface area (Å²) < 4.78 is 0. The number of halogens is 1. The van der Waals surface area contributed by atoms with Crippen molar-refractivity contribution in [1.82, 2.24) is 5.32 Å². The predicted molar refractivity (Wildman–Crippen MR) is 75.1 cm³/mol. The molecule has 92 valence electrons. The lowest BCUT2D eigenvalue weighted by Gasteiger charge is -2.14. The Labute approximate surface area is 112 Å². The molecule has 1 aromatic carbocycles. The Hall–Kier alpha value is -0.180. The highest BCUT2D eigenvalue weighted by Gasteiger charge is 2.29. The number of thioether (sulfide) groups is 1. The second-order valence-corrected chi connectivity index (χ2v) is 6.68. The molecule has 1 aromatic rings. The number of nitrogens with one attached hydrogen (secondary N) is 1. The highest BCUT2D eigenvalue weighted by Crippen LogP contribution is 2.39. The predicted octanol–water partition coefficient (Wildman–Crippen LogP) is 3.48. The van der Waals surface area contributed by atoms with Crippen LogP contribution in [0.25, 0.3) is 0 Å². The van der Waals surface area contributed by atoms with E-state index in [4.69, 9.17) is 11.6 Å². The number of benzene rings is 1. The molecule has 1 fully saturated rings. The molecule has 2 atom stereocenters. The topological polar surface area (TPSA) is 12.0 Å². The molecule has 1 heterocycles. The molecular weight excluding hydrogens is 250 g/mol. The van der Waals surface area contributed by atoms with Gasteiger partial charge < -0.3 is 5.32 Å². The van der Waals surface area contributed by atoms with Gasteiger partial charge in [-0.25, -0.2) is 0 Å². The molecule has 0 spiro atoms. The van der Waals surface area contributed by atoms with Crippen LogP contribution in [0.15, 0.2) is 29.2 Å². The van der Waals surface area contributed by atoms with E-state index in [0.29, 0.717) is 11.3 Å². The molecule has 2 aliphatic rings. The van der Waals surface area contributed by atoms with Crippen LogP contribution in [-0.4, -0.2) is 24.2 Å². The van der Waals surface area contributed by atoms with E-state index in [0.717, 1.165) is 19.0 Å². The molecule has 1 saturated carbocycles. The minimum atomic E-state index is 0.347. The molecule has 1 nitrogen and oxygen atoms in total. The fourth-order valence-electron chi connectivity index (χ4n) is 2.42. The number of fused-ring (bicyclic) bond motifs is 1. The van der Waals surface area contributed by atoms with Gasteiger partial charge in [-0.1, -0.05) is 18.2 Å². The maximum Gasteiger partial charge on any atom is 0.0488 e. The molecule has 3 heteroatoms. The quantitative estimate of drug-likeness (QED) is 0.820. The molecule has 1 aliphatic carbocycles. The first kappa shape index (κ1) is 11.9. The van der Waals surface area contributed by atoms with Crippen LogP contribution in [0.5, 0.6) is 0 Å². The van der Waals surface area contributed by atoms with Crippen molar-refractivity contribution in [3.05, 3.63) is 29.8 Å². The van der Waals surface area contributed by atoms with E-state index in [1.165, 1.54) is 29.1 Å². The Morgan fingerprint density at radius 3 is 3.00 bits per heavy atom. The molecule has 2 unspecified atom stereocenters. The van der Waals surface area contributed by atoms with E-state index in [1.807, 2.05) is 11.8 Å². The Kier molecular flexibility index (Phi) is 3.64. The van der Waals surface area contributed by atoms with E-state index in [9.17, 15) is 0 Å². The first-order chi connectivity index (χ1) is 8.34. The molecule has 0 aromatic heterocycles. The van der Waals surface area contributed by atoms with Crippen molar-refractivity contribution in [1.29, 1.82) is 0 Å². The smallest absolute Gasteiger partial charge is 0.0488 e. The van der Waals surface area contributed by atoms with Crippen LogP contribution >= 0.6 is 23.4 Å².